The highest BCUT2D eigenvalue weighted by atomic mass is 35.5. The van der Waals surface area contributed by atoms with E-state index in [1.807, 2.05) is 44.4 Å². The normalized spacial score (nSPS) is 28.4. The lowest BCUT2D eigenvalue weighted by atomic mass is 9.70. The number of morpholine rings is 1. The van der Waals surface area contributed by atoms with Crippen molar-refractivity contribution in [1.82, 2.24) is 14.9 Å². The van der Waals surface area contributed by atoms with E-state index < -0.39 is 34.7 Å². The van der Waals surface area contributed by atoms with Gasteiger partial charge in [0.2, 0.25) is 0 Å². The molecule has 2 unspecified atom stereocenters. The number of hydrogen-bond donors (Lipinski definition) is 1. The fraction of sp³-hybridized carbons (Fsp3) is 0.673. The summed E-state index contributed by atoms with van der Waals surface area (Å²) < 4.78 is 24.7. The Balaban J connectivity index is 1.09. The predicted octanol–water partition coefficient (Wildman–Crippen LogP) is 9.24. The van der Waals surface area contributed by atoms with E-state index in [1.165, 1.54) is 17.8 Å². The molecule has 4 aliphatic carbocycles. The maximum absolute atomic E-state index is 15.0. The lowest BCUT2D eigenvalue weighted by Crippen LogP contribution is -2.39. The number of halogens is 1. The van der Waals surface area contributed by atoms with Gasteiger partial charge in [0.1, 0.15) is 58.4 Å². The topological polar surface area (TPSA) is 146 Å². The number of ketones is 3. The number of rotatable bonds is 19. The van der Waals surface area contributed by atoms with Crippen molar-refractivity contribution in [3.05, 3.63) is 28.6 Å². The number of benzene rings is 1. The van der Waals surface area contributed by atoms with Crippen molar-refractivity contribution >= 4 is 62.3 Å². The fourth-order valence-electron chi connectivity index (χ4n) is 10.7. The molecule has 12 nitrogen and oxygen atoms in total. The summed E-state index contributed by atoms with van der Waals surface area (Å²) in [7, 11) is 0. The lowest BCUT2D eigenvalue weighted by Gasteiger charge is -2.32. The van der Waals surface area contributed by atoms with E-state index in [1.54, 1.807) is 6.92 Å². The van der Waals surface area contributed by atoms with E-state index in [4.69, 9.17) is 40.5 Å². The Morgan fingerprint density at radius 3 is 2.38 bits per heavy atom. The molecule has 0 radical (unpaired) electrons. The SMILES string of the molecule is CC[C@@H]1C[C@]1(CC(=O)[C@@H]1C[C@@H](Oc2cc(-c3csc(NC(C)C)n3)nc3c(Cl)c(OCCN4CCOCC4)ccc23)CC1C(=O)[C@@H](CC(=O)OC1C[C@@H]2C[C@@H]2C1)C(C)(C)C)C(C)=O. The third-order valence-electron chi connectivity index (χ3n) is 14.6. The van der Waals surface area contributed by atoms with Crippen LogP contribution in [0.2, 0.25) is 5.02 Å². The molecule has 4 saturated carbocycles. The number of carbonyl (C=O) groups is 4. The van der Waals surface area contributed by atoms with Crippen LogP contribution in [0.3, 0.4) is 0 Å². The highest BCUT2D eigenvalue weighted by molar-refractivity contribution is 7.14. The number of pyridine rings is 1. The Hall–Kier alpha value is -3.65. The summed E-state index contributed by atoms with van der Waals surface area (Å²) in [5.41, 5.74) is 0.447. The van der Waals surface area contributed by atoms with Crippen molar-refractivity contribution in [2.75, 3.05) is 44.8 Å². The van der Waals surface area contributed by atoms with E-state index in [9.17, 15) is 14.4 Å². The molecule has 3 aromatic rings. The molecule has 1 saturated heterocycles. The van der Waals surface area contributed by atoms with Crippen molar-refractivity contribution in [1.29, 1.82) is 0 Å². The first-order chi connectivity index (χ1) is 30.0. The standard InChI is InChI=1S/C49H65ClN4O8S/c1-8-31-24-49(31,28(4)55)25-40(56)35-20-33(21-36(35)46(58)37(48(5,6)7)22-43(57)62-32-18-29-17-30(29)19-32)61-42-23-38(39-26-63-47(53-39)51-27(2)3)52-45-34(42)9-10-41(44(45)50)60-16-13-54-11-14-59-15-12-54/h9-10,23,26-27,29-33,35-37H,8,11-22,24-25H2,1-7H3,(H,51,53)/t29-,30+,31-,32?,33-,35-,36?,37-,49+/m1/s1. The Bertz CT molecular complexity index is 2190. The minimum atomic E-state index is -0.702. The van der Waals surface area contributed by atoms with Gasteiger partial charge < -0.3 is 24.3 Å². The first kappa shape index (κ1) is 45.9. The summed E-state index contributed by atoms with van der Waals surface area (Å²) in [5.74, 6) is -0.0810. The molecular weight excluding hydrogens is 840 g/mol. The van der Waals surface area contributed by atoms with Crippen LogP contribution >= 0.6 is 22.9 Å². The quantitative estimate of drug-likeness (QED) is 0.114. The van der Waals surface area contributed by atoms with Crippen LogP contribution in [-0.2, 0) is 28.7 Å². The molecule has 5 fully saturated rings. The molecule has 14 heteroatoms. The molecule has 63 heavy (non-hydrogen) atoms. The number of ether oxygens (including phenoxy) is 4. The number of carbonyl (C=O) groups excluding carboxylic acids is 4. The zero-order valence-electron chi connectivity index (χ0n) is 38.0. The van der Waals surface area contributed by atoms with Crippen LogP contribution in [0.5, 0.6) is 11.5 Å². The number of hydrogen-bond acceptors (Lipinski definition) is 13. The van der Waals surface area contributed by atoms with Crippen LogP contribution in [0.25, 0.3) is 22.3 Å². The van der Waals surface area contributed by atoms with Gasteiger partial charge in [-0.05, 0) is 94.6 Å². The number of thiazole rings is 1. The van der Waals surface area contributed by atoms with Crippen molar-refractivity contribution in [3.63, 3.8) is 0 Å². The zero-order chi connectivity index (χ0) is 44.8. The van der Waals surface area contributed by atoms with E-state index in [0.717, 1.165) is 44.0 Å². The van der Waals surface area contributed by atoms with Crippen LogP contribution < -0.4 is 14.8 Å². The Morgan fingerprint density at radius 1 is 0.984 bits per heavy atom. The van der Waals surface area contributed by atoms with E-state index >= 15 is 4.79 Å². The number of aromatic nitrogens is 2. The molecule has 9 atom stereocenters. The van der Waals surface area contributed by atoms with Gasteiger partial charge in [-0.25, -0.2) is 9.97 Å². The highest BCUT2D eigenvalue weighted by Crippen LogP contribution is 2.59. The molecular formula is C49H65ClN4O8S. The monoisotopic (exact) mass is 904 g/mol. The van der Waals surface area contributed by atoms with Gasteiger partial charge in [0.15, 0.2) is 5.13 Å². The van der Waals surface area contributed by atoms with Gasteiger partial charge in [0, 0.05) is 72.1 Å². The second-order valence-corrected chi connectivity index (χ2v) is 21.6. The third-order valence-corrected chi connectivity index (χ3v) is 15.7. The summed E-state index contributed by atoms with van der Waals surface area (Å²) in [6, 6.07) is 5.78. The first-order valence-electron chi connectivity index (χ1n) is 23.2. The molecule has 1 aromatic carbocycles. The average molecular weight is 906 g/mol. The number of anilines is 1. The molecule has 2 aromatic heterocycles. The van der Waals surface area contributed by atoms with Crippen molar-refractivity contribution in [2.45, 2.75) is 125 Å². The minimum Gasteiger partial charge on any atom is -0.491 e. The van der Waals surface area contributed by atoms with Crippen molar-refractivity contribution in [3.8, 4) is 22.9 Å². The van der Waals surface area contributed by atoms with Crippen LogP contribution in [0, 0.1) is 46.3 Å². The van der Waals surface area contributed by atoms with Gasteiger partial charge >= 0.3 is 5.97 Å². The zero-order valence-corrected chi connectivity index (χ0v) is 39.6. The Kier molecular flexibility index (Phi) is 13.6. The molecule has 8 rings (SSSR count). The summed E-state index contributed by atoms with van der Waals surface area (Å²) in [6.07, 6.45) is 4.55. The van der Waals surface area contributed by atoms with Crippen LogP contribution in [0.15, 0.2) is 23.6 Å². The molecule has 0 amide bonds. The second kappa shape index (κ2) is 18.7. The molecule has 342 valence electrons. The van der Waals surface area contributed by atoms with Gasteiger partial charge in [-0.15, -0.1) is 11.3 Å². The second-order valence-electron chi connectivity index (χ2n) is 20.4. The molecule has 1 N–H and O–H groups in total. The van der Waals surface area contributed by atoms with Crippen LogP contribution in [0.4, 0.5) is 5.13 Å². The Morgan fingerprint density at radius 2 is 1.71 bits per heavy atom. The van der Waals surface area contributed by atoms with Gasteiger partial charge in [0.25, 0.3) is 0 Å². The molecule has 0 spiro atoms. The van der Waals surface area contributed by atoms with Crippen LogP contribution in [-0.4, -0.2) is 95.9 Å². The lowest BCUT2D eigenvalue weighted by molar-refractivity contribution is -0.154. The fourth-order valence-corrected chi connectivity index (χ4v) is 11.8. The summed E-state index contributed by atoms with van der Waals surface area (Å²) in [5, 5.41) is 7.09. The average Bonchev–Trinajstić information content (AvgIpc) is 3.91. The predicted molar refractivity (Wildman–Crippen MR) is 244 cm³/mol. The summed E-state index contributed by atoms with van der Waals surface area (Å²) in [6.45, 7) is 18.0. The number of fused-ring (bicyclic) bond motifs is 2. The maximum Gasteiger partial charge on any atom is 0.306 e. The first-order valence-corrected chi connectivity index (χ1v) is 24.5. The van der Waals surface area contributed by atoms with Gasteiger partial charge in [-0.2, -0.15) is 0 Å². The summed E-state index contributed by atoms with van der Waals surface area (Å²) in [4.78, 5) is 68.4. The van der Waals surface area contributed by atoms with Crippen molar-refractivity contribution < 1.29 is 38.1 Å². The molecule has 0 bridgehead atoms. The number of Topliss-reactive ketones (excluding diaryl/α,β-unsaturated/α-hetero) is 3. The van der Waals surface area contributed by atoms with Gasteiger partial charge in [-0.3, -0.25) is 24.1 Å². The molecule has 5 aliphatic rings. The van der Waals surface area contributed by atoms with Crippen LogP contribution in [0.1, 0.15) is 106 Å². The molecule has 1 aliphatic heterocycles. The van der Waals surface area contributed by atoms with Gasteiger partial charge in [0.05, 0.1) is 30.8 Å². The van der Waals surface area contributed by atoms with E-state index in [0.29, 0.717) is 83.3 Å². The maximum atomic E-state index is 15.0. The summed E-state index contributed by atoms with van der Waals surface area (Å²) >= 11 is 8.63. The molecule has 3 heterocycles. The minimum absolute atomic E-state index is 0.0298. The van der Waals surface area contributed by atoms with E-state index in [2.05, 4.69) is 31.0 Å². The van der Waals surface area contributed by atoms with Gasteiger partial charge in [-0.1, -0.05) is 45.7 Å². The largest absolute Gasteiger partial charge is 0.491 e. The van der Waals surface area contributed by atoms with E-state index in [-0.39, 0.29) is 60.6 Å². The number of nitrogens with zero attached hydrogens (tertiary/aromatic N) is 3. The Labute approximate surface area is 380 Å². The number of esters is 1. The highest BCUT2D eigenvalue weighted by Gasteiger charge is 2.59. The van der Waals surface area contributed by atoms with Crippen molar-refractivity contribution in [2.24, 2.45) is 46.3 Å². The third kappa shape index (κ3) is 10.3. The number of nitrogens with one attached hydrogen (secondary N) is 1. The smallest absolute Gasteiger partial charge is 0.306 e.